The third-order valence-corrected chi connectivity index (χ3v) is 7.53. The van der Waals surface area contributed by atoms with E-state index in [1.165, 1.54) is 36.4 Å². The van der Waals surface area contributed by atoms with Gasteiger partial charge in [0.05, 0.1) is 11.0 Å². The fraction of sp³-hybridized carbons (Fsp3) is 0.0588. The van der Waals surface area contributed by atoms with Gasteiger partial charge >= 0.3 is 12.7 Å². The Balaban J connectivity index is 1.43. The maximum absolute atomic E-state index is 12.8. The normalized spacial score (nSPS) is 13.0. The van der Waals surface area contributed by atoms with Crippen LogP contribution in [0, 0.1) is 22.9 Å². The average Bonchev–Trinajstić information content (AvgIpc) is 3.50. The second kappa shape index (κ2) is 11.1. The van der Waals surface area contributed by atoms with E-state index < -0.39 is 24.2 Å². The summed E-state index contributed by atoms with van der Waals surface area (Å²) >= 11 is 0. The van der Waals surface area contributed by atoms with E-state index in [4.69, 9.17) is 9.97 Å². The van der Waals surface area contributed by atoms with Crippen molar-refractivity contribution < 1.29 is 35.8 Å². The molecule has 0 spiro atoms. The summed E-state index contributed by atoms with van der Waals surface area (Å²) in [5.41, 5.74) is 3.08. The van der Waals surface area contributed by atoms with Crippen molar-refractivity contribution in [2.75, 3.05) is 0 Å². The first-order valence-electron chi connectivity index (χ1n) is 13.8. The van der Waals surface area contributed by atoms with Gasteiger partial charge in [0.15, 0.2) is 0 Å². The maximum atomic E-state index is 12.8. The third kappa shape index (κ3) is 5.45. The molecule has 0 N–H and O–H groups in total. The number of fused-ring (bicyclic) bond motifs is 6. The average molecular weight is 653 g/mol. The highest BCUT2D eigenvalue weighted by molar-refractivity contribution is 6.15. The maximum Gasteiger partial charge on any atom is 0.573 e. The lowest BCUT2D eigenvalue weighted by Gasteiger charge is -2.10. The summed E-state index contributed by atoms with van der Waals surface area (Å²) in [5, 5.41) is 21.5. The minimum absolute atomic E-state index is 0.188. The van der Waals surface area contributed by atoms with Crippen LogP contribution in [0.25, 0.3) is 65.9 Å². The summed E-state index contributed by atoms with van der Waals surface area (Å²) in [7, 11) is 0. The molecular formula is C34H14F6N6O2. The van der Waals surface area contributed by atoms with Crippen LogP contribution < -0.4 is 20.2 Å². The van der Waals surface area contributed by atoms with E-state index in [0.29, 0.717) is 54.8 Å². The Kier molecular flexibility index (Phi) is 6.95. The van der Waals surface area contributed by atoms with Crippen LogP contribution in [0.3, 0.4) is 0 Å². The molecule has 0 saturated heterocycles. The molecule has 0 bridgehead atoms. The molecule has 1 heterocycles. The number of aromatic nitrogens is 2. The lowest BCUT2D eigenvalue weighted by molar-refractivity contribution is -0.275. The van der Waals surface area contributed by atoms with Crippen LogP contribution in [0.4, 0.5) is 26.3 Å². The van der Waals surface area contributed by atoms with Gasteiger partial charge in [0.1, 0.15) is 33.2 Å². The van der Waals surface area contributed by atoms with E-state index >= 15 is 0 Å². The zero-order valence-corrected chi connectivity index (χ0v) is 23.9. The first-order valence-corrected chi connectivity index (χ1v) is 13.8. The highest BCUT2D eigenvalue weighted by Gasteiger charge is 2.32. The summed E-state index contributed by atoms with van der Waals surface area (Å²) in [6.07, 6.45) is -6.19. The predicted octanol–water partition coefficient (Wildman–Crippen LogP) is 7.86. The monoisotopic (exact) mass is 652 g/mol. The molecule has 7 aromatic rings. The molecule has 7 rings (SSSR count). The molecule has 0 fully saturated rings. The van der Waals surface area contributed by atoms with Crippen LogP contribution in [-0.4, -0.2) is 22.7 Å². The summed E-state index contributed by atoms with van der Waals surface area (Å²) in [4.78, 5) is 17.6. The van der Waals surface area contributed by atoms with Crippen LogP contribution >= 0.6 is 0 Å². The number of ether oxygens (including phenoxy) is 2. The van der Waals surface area contributed by atoms with Crippen molar-refractivity contribution in [3.05, 3.63) is 95.6 Å². The molecule has 0 aliphatic carbocycles. The Morgan fingerprint density at radius 2 is 0.896 bits per heavy atom. The van der Waals surface area contributed by atoms with Gasteiger partial charge < -0.3 is 9.47 Å². The molecule has 0 saturated carbocycles. The Bertz CT molecular complexity index is 2460. The van der Waals surface area contributed by atoms with E-state index in [1.807, 2.05) is 0 Å². The fourth-order valence-corrected chi connectivity index (χ4v) is 5.72. The number of benzene rings is 4. The van der Waals surface area contributed by atoms with Crippen molar-refractivity contribution in [2.45, 2.75) is 12.7 Å². The number of rotatable bonds is 4. The van der Waals surface area contributed by atoms with E-state index in [-0.39, 0.29) is 21.7 Å². The molecular weight excluding hydrogens is 638 g/mol. The molecule has 234 valence electrons. The van der Waals surface area contributed by atoms with Crippen molar-refractivity contribution in [3.8, 4) is 46.1 Å². The quantitative estimate of drug-likeness (QED) is 0.141. The molecule has 0 atom stereocenters. The lowest BCUT2D eigenvalue weighted by Crippen LogP contribution is -2.17. The van der Waals surface area contributed by atoms with Crippen molar-refractivity contribution in [1.82, 2.24) is 9.97 Å². The number of halogens is 6. The zero-order valence-electron chi connectivity index (χ0n) is 23.9. The van der Waals surface area contributed by atoms with Gasteiger partial charge in [0.25, 0.3) is 0 Å². The number of nitrogens with zero attached hydrogens (tertiary/aromatic N) is 6. The van der Waals surface area contributed by atoms with Crippen LogP contribution in [-0.2, 0) is 0 Å². The van der Waals surface area contributed by atoms with Crippen LogP contribution in [0.1, 0.15) is 0 Å². The van der Waals surface area contributed by atoms with E-state index in [9.17, 15) is 36.9 Å². The van der Waals surface area contributed by atoms with Gasteiger partial charge in [-0.25, -0.2) is 9.97 Å². The zero-order chi connectivity index (χ0) is 33.8. The topological polar surface area (TPSA) is 117 Å². The number of hydrogen-bond acceptors (Lipinski definition) is 8. The molecule has 0 amide bonds. The van der Waals surface area contributed by atoms with Crippen molar-refractivity contribution in [2.24, 2.45) is 9.98 Å². The fourth-order valence-electron chi connectivity index (χ4n) is 5.72. The molecule has 0 aliphatic heterocycles. The molecule has 1 aromatic heterocycles. The van der Waals surface area contributed by atoms with Gasteiger partial charge in [-0.05, 0) is 58.7 Å². The lowest BCUT2D eigenvalue weighted by atomic mass is 10.0. The minimum Gasteiger partial charge on any atom is -0.406 e. The second-order valence-corrected chi connectivity index (χ2v) is 10.4. The number of alkyl halides is 6. The van der Waals surface area contributed by atoms with Gasteiger partial charge in [-0.1, -0.05) is 48.5 Å². The van der Waals surface area contributed by atoms with Gasteiger partial charge in [-0.3, -0.25) is 0 Å². The molecule has 6 aromatic carbocycles. The minimum atomic E-state index is -4.87. The molecule has 14 heteroatoms. The summed E-state index contributed by atoms with van der Waals surface area (Å²) < 4.78 is 85.1. The smallest absolute Gasteiger partial charge is 0.406 e. The highest BCUT2D eigenvalue weighted by atomic mass is 19.4. The Morgan fingerprint density at radius 1 is 0.500 bits per heavy atom. The third-order valence-electron chi connectivity index (χ3n) is 7.53. The van der Waals surface area contributed by atoms with Gasteiger partial charge in [-0.2, -0.15) is 20.5 Å². The van der Waals surface area contributed by atoms with Crippen molar-refractivity contribution in [1.29, 1.82) is 10.5 Å². The summed E-state index contributed by atoms with van der Waals surface area (Å²) in [6.45, 7) is 0. The molecule has 8 nitrogen and oxygen atoms in total. The van der Waals surface area contributed by atoms with E-state index in [2.05, 4.69) is 19.5 Å². The predicted molar refractivity (Wildman–Crippen MR) is 161 cm³/mol. The first-order chi connectivity index (χ1) is 22.9. The molecule has 0 aliphatic rings. The molecule has 0 unspecified atom stereocenters. The van der Waals surface area contributed by atoms with Crippen LogP contribution in [0.15, 0.2) is 94.9 Å². The van der Waals surface area contributed by atoms with Gasteiger partial charge in [0.2, 0.25) is 12.4 Å². The van der Waals surface area contributed by atoms with Crippen molar-refractivity contribution >= 4 is 43.6 Å². The van der Waals surface area contributed by atoms with Gasteiger partial charge in [0, 0.05) is 21.5 Å². The molecule has 48 heavy (non-hydrogen) atoms. The van der Waals surface area contributed by atoms with Gasteiger partial charge in [-0.15, -0.1) is 26.3 Å². The Hall–Kier alpha value is -6.54. The summed E-state index contributed by atoms with van der Waals surface area (Å²) in [6, 6.07) is 20.9. The molecule has 0 radical (unpaired) electrons. The standard InChI is InChI=1S/C34H14F6N6O2/c35-33(36,37)47-21-5-1-3-17(11-21)19-7-9-23-25(13-19)27(43-15-41)31-29(23)45-32-28(44-16-42)26-14-20(8-10-24(26)30(32)46-31)18-4-2-6-22(12-18)48-34(38,39)40/h1-14H/b43-27-,44-28+. The Morgan fingerprint density at radius 3 is 1.27 bits per heavy atom. The summed E-state index contributed by atoms with van der Waals surface area (Å²) in [5.74, 6) is -0.800. The number of nitriles is 2. The highest BCUT2D eigenvalue weighted by Crippen LogP contribution is 2.34. The van der Waals surface area contributed by atoms with E-state index in [1.54, 1.807) is 60.9 Å². The second-order valence-electron chi connectivity index (χ2n) is 10.4. The SMILES string of the molecule is N#C/N=c1/c2cc(-c3cccc(OC(F)(F)F)c3)ccc2c2nc3/c(=N/C#N)c4cc(-c5cccc(OC(F)(F)F)c5)ccc4c3nc12. The van der Waals surface area contributed by atoms with Crippen molar-refractivity contribution in [3.63, 3.8) is 0 Å². The Labute approximate surface area is 264 Å². The first kappa shape index (κ1) is 30.1. The largest absolute Gasteiger partial charge is 0.573 e. The van der Waals surface area contributed by atoms with Crippen LogP contribution in [0.2, 0.25) is 0 Å². The van der Waals surface area contributed by atoms with E-state index in [0.717, 1.165) is 0 Å². The van der Waals surface area contributed by atoms with Crippen LogP contribution in [0.5, 0.6) is 11.5 Å². The number of hydrogen-bond donors (Lipinski definition) is 0.